The number of anilines is 1. The summed E-state index contributed by atoms with van der Waals surface area (Å²) in [5.41, 5.74) is 0.747. The standard InChI is InChI=1S/C16H17NO5S2/c1-11(18)17-12-7-8-15-14(9-12)16(10-23(15,19)20)24(21,22)13-5-3-2-4-6-13/h2-9,16,19-20H,10H2,1H3,(H,17,18). The van der Waals surface area contributed by atoms with Crippen molar-refractivity contribution in [3.05, 3.63) is 54.1 Å². The van der Waals surface area contributed by atoms with Gasteiger partial charge in [0.15, 0.2) is 9.84 Å². The lowest BCUT2D eigenvalue weighted by atomic mass is 10.1. The molecule has 128 valence electrons. The fraction of sp³-hybridized carbons (Fsp3) is 0.188. The molecular formula is C16H17NO5S2. The molecule has 0 saturated heterocycles. The van der Waals surface area contributed by atoms with Crippen molar-refractivity contribution < 1.29 is 22.3 Å². The second kappa shape index (κ2) is 5.89. The first-order valence-corrected chi connectivity index (χ1v) is 10.4. The Labute approximate surface area is 141 Å². The Balaban J connectivity index is 2.11. The van der Waals surface area contributed by atoms with E-state index >= 15 is 0 Å². The predicted octanol–water partition coefficient (Wildman–Crippen LogP) is 3.28. The van der Waals surface area contributed by atoms with Crippen molar-refractivity contribution in [1.82, 2.24) is 0 Å². The number of carbonyl (C=O) groups excluding carboxylic acids is 1. The van der Waals surface area contributed by atoms with Crippen LogP contribution < -0.4 is 5.32 Å². The summed E-state index contributed by atoms with van der Waals surface area (Å²) in [5, 5.41) is 1.52. The zero-order valence-corrected chi connectivity index (χ0v) is 14.5. The maximum absolute atomic E-state index is 12.9. The van der Waals surface area contributed by atoms with E-state index in [-0.39, 0.29) is 21.5 Å². The SMILES string of the molecule is CC(=O)Nc1ccc2c(c1)C(S(=O)(=O)c1ccccc1)CS2(O)O. The van der Waals surface area contributed by atoms with Crippen molar-refractivity contribution in [2.75, 3.05) is 11.1 Å². The number of fused-ring (bicyclic) bond motifs is 1. The quantitative estimate of drug-likeness (QED) is 0.772. The molecule has 0 aliphatic carbocycles. The molecule has 0 aromatic heterocycles. The van der Waals surface area contributed by atoms with Gasteiger partial charge in [-0.3, -0.25) is 13.9 Å². The molecule has 2 aromatic rings. The van der Waals surface area contributed by atoms with E-state index in [1.165, 1.54) is 37.3 Å². The minimum atomic E-state index is -3.78. The van der Waals surface area contributed by atoms with Gasteiger partial charge < -0.3 is 5.32 Å². The third-order valence-electron chi connectivity index (χ3n) is 3.86. The summed E-state index contributed by atoms with van der Waals surface area (Å²) in [7, 11) is -6.96. The van der Waals surface area contributed by atoms with E-state index in [4.69, 9.17) is 0 Å². The number of benzene rings is 2. The van der Waals surface area contributed by atoms with Gasteiger partial charge in [-0.05, 0) is 35.9 Å². The van der Waals surface area contributed by atoms with Gasteiger partial charge >= 0.3 is 0 Å². The molecule has 1 heterocycles. The molecule has 1 aliphatic heterocycles. The van der Waals surface area contributed by atoms with Gasteiger partial charge in [-0.25, -0.2) is 8.42 Å². The maximum atomic E-state index is 12.9. The Bertz CT molecular complexity index is 894. The summed E-state index contributed by atoms with van der Waals surface area (Å²) in [4.78, 5) is 11.6. The minimum absolute atomic E-state index is 0.128. The average molecular weight is 367 g/mol. The minimum Gasteiger partial charge on any atom is -0.326 e. The third-order valence-corrected chi connectivity index (χ3v) is 8.04. The highest BCUT2D eigenvalue weighted by Gasteiger charge is 2.43. The van der Waals surface area contributed by atoms with Gasteiger partial charge in [-0.1, -0.05) is 18.2 Å². The molecule has 1 aliphatic rings. The first-order chi connectivity index (χ1) is 11.2. The van der Waals surface area contributed by atoms with E-state index in [9.17, 15) is 22.3 Å². The molecule has 2 aromatic carbocycles. The average Bonchev–Trinajstić information content (AvgIpc) is 2.79. The highest BCUT2D eigenvalue weighted by Crippen LogP contribution is 2.61. The molecular weight excluding hydrogens is 350 g/mol. The normalized spacial score (nSPS) is 20.2. The highest BCUT2D eigenvalue weighted by molar-refractivity contribution is 8.25. The predicted molar refractivity (Wildman–Crippen MR) is 93.1 cm³/mol. The van der Waals surface area contributed by atoms with Gasteiger partial charge in [0.1, 0.15) is 5.25 Å². The second-order valence-corrected chi connectivity index (χ2v) is 9.85. The number of amides is 1. The van der Waals surface area contributed by atoms with E-state index in [0.29, 0.717) is 11.3 Å². The Morgan fingerprint density at radius 1 is 1.17 bits per heavy atom. The third kappa shape index (κ3) is 2.93. The summed E-state index contributed by atoms with van der Waals surface area (Å²) < 4.78 is 46.4. The van der Waals surface area contributed by atoms with Crippen LogP contribution in [0.25, 0.3) is 0 Å². The molecule has 1 unspecified atom stereocenters. The number of rotatable bonds is 3. The number of carbonyl (C=O) groups is 1. The van der Waals surface area contributed by atoms with Crippen LogP contribution in [-0.4, -0.2) is 29.2 Å². The summed E-state index contributed by atoms with van der Waals surface area (Å²) in [5.74, 6) is -0.565. The molecule has 1 atom stereocenters. The van der Waals surface area contributed by atoms with Crippen LogP contribution in [0, 0.1) is 0 Å². The van der Waals surface area contributed by atoms with Crippen LogP contribution >= 0.6 is 10.6 Å². The van der Waals surface area contributed by atoms with Crippen molar-refractivity contribution >= 4 is 32.0 Å². The summed E-state index contributed by atoms with van der Waals surface area (Å²) >= 11 is 0. The van der Waals surface area contributed by atoms with Crippen LogP contribution in [0.5, 0.6) is 0 Å². The van der Waals surface area contributed by atoms with Crippen LogP contribution in [0.15, 0.2) is 58.3 Å². The van der Waals surface area contributed by atoms with Gasteiger partial charge in [0.25, 0.3) is 0 Å². The molecule has 0 saturated carbocycles. The van der Waals surface area contributed by atoms with E-state index in [1.54, 1.807) is 18.2 Å². The van der Waals surface area contributed by atoms with Gasteiger partial charge in [0, 0.05) is 12.6 Å². The number of nitrogens with one attached hydrogen (secondary N) is 1. The highest BCUT2D eigenvalue weighted by atomic mass is 32.3. The van der Waals surface area contributed by atoms with Crippen LogP contribution in [0.3, 0.4) is 0 Å². The zero-order chi connectivity index (χ0) is 17.5. The van der Waals surface area contributed by atoms with Crippen LogP contribution in [-0.2, 0) is 14.6 Å². The molecule has 0 bridgehead atoms. The maximum Gasteiger partial charge on any atom is 0.221 e. The topological polar surface area (TPSA) is 104 Å². The molecule has 0 fully saturated rings. The Morgan fingerprint density at radius 2 is 1.83 bits per heavy atom. The van der Waals surface area contributed by atoms with E-state index in [0.717, 1.165) is 0 Å². The van der Waals surface area contributed by atoms with E-state index < -0.39 is 25.7 Å². The van der Waals surface area contributed by atoms with Crippen LogP contribution in [0.2, 0.25) is 0 Å². The van der Waals surface area contributed by atoms with Crippen molar-refractivity contribution in [2.45, 2.75) is 22.0 Å². The fourth-order valence-electron chi connectivity index (χ4n) is 2.80. The summed E-state index contributed by atoms with van der Waals surface area (Å²) in [6, 6.07) is 12.4. The summed E-state index contributed by atoms with van der Waals surface area (Å²) in [6.07, 6.45) is 0. The molecule has 3 N–H and O–H groups in total. The molecule has 8 heteroatoms. The molecule has 24 heavy (non-hydrogen) atoms. The van der Waals surface area contributed by atoms with Crippen LogP contribution in [0.1, 0.15) is 17.7 Å². The van der Waals surface area contributed by atoms with Gasteiger partial charge in [0.2, 0.25) is 5.91 Å². The molecule has 0 radical (unpaired) electrons. The lowest BCUT2D eigenvalue weighted by Gasteiger charge is -2.27. The smallest absolute Gasteiger partial charge is 0.221 e. The van der Waals surface area contributed by atoms with E-state index in [1.807, 2.05) is 0 Å². The molecule has 0 spiro atoms. The van der Waals surface area contributed by atoms with Gasteiger partial charge in [-0.2, -0.15) is 10.6 Å². The van der Waals surface area contributed by atoms with Crippen molar-refractivity contribution in [3.8, 4) is 0 Å². The van der Waals surface area contributed by atoms with Crippen molar-refractivity contribution in [1.29, 1.82) is 0 Å². The lowest BCUT2D eigenvalue weighted by molar-refractivity contribution is -0.114. The monoisotopic (exact) mass is 367 g/mol. The molecule has 6 nitrogen and oxygen atoms in total. The van der Waals surface area contributed by atoms with Gasteiger partial charge in [-0.15, -0.1) is 0 Å². The van der Waals surface area contributed by atoms with Crippen molar-refractivity contribution in [2.24, 2.45) is 0 Å². The number of hydrogen-bond acceptors (Lipinski definition) is 5. The first-order valence-electron chi connectivity index (χ1n) is 7.18. The Kier molecular flexibility index (Phi) is 4.16. The van der Waals surface area contributed by atoms with Gasteiger partial charge in [0.05, 0.1) is 15.5 Å². The Hall–Kier alpha value is -1.87. The zero-order valence-electron chi connectivity index (χ0n) is 12.8. The Morgan fingerprint density at radius 3 is 2.46 bits per heavy atom. The second-order valence-electron chi connectivity index (χ2n) is 5.61. The van der Waals surface area contributed by atoms with Crippen molar-refractivity contribution in [3.63, 3.8) is 0 Å². The fourth-order valence-corrected chi connectivity index (χ4v) is 7.20. The lowest BCUT2D eigenvalue weighted by Crippen LogP contribution is -2.15. The number of sulfone groups is 1. The van der Waals surface area contributed by atoms with E-state index in [2.05, 4.69) is 5.32 Å². The summed E-state index contributed by atoms with van der Waals surface area (Å²) in [6.45, 7) is 1.35. The number of hydrogen-bond donors (Lipinski definition) is 3. The molecule has 1 amide bonds. The molecule has 3 rings (SSSR count). The first kappa shape index (κ1) is 17.0. The van der Waals surface area contributed by atoms with Crippen LogP contribution in [0.4, 0.5) is 5.69 Å². The largest absolute Gasteiger partial charge is 0.326 e.